The van der Waals surface area contributed by atoms with Crippen LogP contribution in [0.5, 0.6) is 0 Å². The molecule has 0 atom stereocenters. The van der Waals surface area contributed by atoms with E-state index in [1.54, 1.807) is 13.8 Å². The molecule has 0 bridgehead atoms. The second-order valence-electron chi connectivity index (χ2n) is 6.80. The number of hydrogen-bond donors (Lipinski definition) is 2. The summed E-state index contributed by atoms with van der Waals surface area (Å²) in [5, 5.41) is 5.20. The Balaban J connectivity index is 1.73. The molecule has 8 heteroatoms. The summed E-state index contributed by atoms with van der Waals surface area (Å²) in [6.45, 7) is 6.03. The molecule has 2 heterocycles. The van der Waals surface area contributed by atoms with E-state index in [4.69, 9.17) is 9.47 Å². The van der Waals surface area contributed by atoms with Crippen LogP contribution in [0.2, 0.25) is 0 Å². The van der Waals surface area contributed by atoms with Crippen molar-refractivity contribution in [3.63, 3.8) is 0 Å². The predicted octanol–water partition coefficient (Wildman–Crippen LogP) is 4.37. The van der Waals surface area contributed by atoms with E-state index in [0.717, 1.165) is 17.7 Å². The van der Waals surface area contributed by atoms with Crippen LogP contribution in [-0.4, -0.2) is 42.2 Å². The van der Waals surface area contributed by atoms with Crippen LogP contribution in [0.1, 0.15) is 44.6 Å². The van der Waals surface area contributed by atoms with Gasteiger partial charge in [-0.15, -0.1) is 11.3 Å². The molecule has 2 N–H and O–H groups in total. The zero-order chi connectivity index (χ0) is 21.7. The Hall–Kier alpha value is -2.97. The van der Waals surface area contributed by atoms with Gasteiger partial charge in [0.2, 0.25) is 0 Å². The molecule has 0 aliphatic heterocycles. The molecule has 0 saturated carbocycles. The number of hydrogen-bond acceptors (Lipinski definition) is 6. The van der Waals surface area contributed by atoms with E-state index in [0.29, 0.717) is 34.3 Å². The highest BCUT2D eigenvalue weighted by Crippen LogP contribution is 2.26. The van der Waals surface area contributed by atoms with Gasteiger partial charge in [0.15, 0.2) is 5.13 Å². The van der Waals surface area contributed by atoms with Crippen LogP contribution in [0.3, 0.4) is 0 Å². The number of anilines is 1. The summed E-state index contributed by atoms with van der Waals surface area (Å²) in [6, 6.07) is 8.20. The normalized spacial score (nSPS) is 10.8. The number of nitrogens with zero attached hydrogens (tertiary/aromatic N) is 1. The summed E-state index contributed by atoms with van der Waals surface area (Å²) in [5.74, 6) is -0.835. The number of H-pyrrole nitrogens is 1. The molecule has 1 amide bonds. The molecule has 0 unspecified atom stereocenters. The van der Waals surface area contributed by atoms with Crippen LogP contribution in [0, 0.1) is 13.8 Å². The molecular formula is C22H25N3O4S. The highest BCUT2D eigenvalue weighted by Gasteiger charge is 2.23. The molecule has 7 nitrogen and oxygen atoms in total. The summed E-state index contributed by atoms with van der Waals surface area (Å²) < 4.78 is 10.1. The van der Waals surface area contributed by atoms with Crippen molar-refractivity contribution < 1.29 is 19.1 Å². The SMILES string of the molecule is CCc1ccc(-c2csc(NC(=O)c3[nH]c(C)c(C(=O)OCCOC)c3C)n2)cc1. The first-order valence-corrected chi connectivity index (χ1v) is 10.5. The topological polar surface area (TPSA) is 93.3 Å². The van der Waals surface area contributed by atoms with E-state index < -0.39 is 5.97 Å². The third kappa shape index (κ3) is 4.77. The number of benzene rings is 1. The lowest BCUT2D eigenvalue weighted by molar-refractivity contribution is 0.0387. The first-order chi connectivity index (χ1) is 14.4. The van der Waals surface area contributed by atoms with Crippen LogP contribution < -0.4 is 5.32 Å². The molecule has 158 valence electrons. The maximum atomic E-state index is 12.8. The Morgan fingerprint density at radius 1 is 1.17 bits per heavy atom. The molecule has 3 rings (SSSR count). The lowest BCUT2D eigenvalue weighted by Gasteiger charge is -2.05. The van der Waals surface area contributed by atoms with Crippen LogP contribution in [0.4, 0.5) is 5.13 Å². The fraction of sp³-hybridized carbons (Fsp3) is 0.318. The average molecular weight is 428 g/mol. The standard InChI is InChI=1S/C22H25N3O4S/c1-5-15-6-8-16(9-7-15)17-12-30-22(24-17)25-20(26)19-13(2)18(14(3)23-19)21(27)29-11-10-28-4/h6-9,12,23H,5,10-11H2,1-4H3,(H,24,25,26). The highest BCUT2D eigenvalue weighted by molar-refractivity contribution is 7.14. The number of aryl methyl sites for hydroxylation is 2. The summed E-state index contributed by atoms with van der Waals surface area (Å²) in [6.07, 6.45) is 0.982. The minimum absolute atomic E-state index is 0.155. The summed E-state index contributed by atoms with van der Waals surface area (Å²) in [7, 11) is 1.54. The predicted molar refractivity (Wildman–Crippen MR) is 117 cm³/mol. The molecule has 0 aliphatic carbocycles. The number of methoxy groups -OCH3 is 1. The number of aromatic nitrogens is 2. The number of carbonyl (C=O) groups excluding carboxylic acids is 2. The Labute approximate surface area is 179 Å². The van der Waals surface area contributed by atoms with Crippen molar-refractivity contribution in [2.24, 2.45) is 0 Å². The van der Waals surface area contributed by atoms with E-state index in [1.807, 2.05) is 17.5 Å². The molecule has 30 heavy (non-hydrogen) atoms. The van der Waals surface area contributed by atoms with Gasteiger partial charge in [-0.2, -0.15) is 0 Å². The monoisotopic (exact) mass is 427 g/mol. The number of aromatic amines is 1. The zero-order valence-electron chi connectivity index (χ0n) is 17.5. The van der Waals surface area contributed by atoms with E-state index in [9.17, 15) is 9.59 Å². The fourth-order valence-corrected chi connectivity index (χ4v) is 3.82. The Morgan fingerprint density at radius 3 is 2.57 bits per heavy atom. The number of ether oxygens (including phenoxy) is 2. The Kier molecular flexibility index (Phi) is 7.02. The van der Waals surface area contributed by atoms with Gasteiger partial charge in [-0.1, -0.05) is 31.2 Å². The van der Waals surface area contributed by atoms with Gasteiger partial charge in [-0.3, -0.25) is 10.1 Å². The minimum Gasteiger partial charge on any atom is -0.460 e. The lowest BCUT2D eigenvalue weighted by atomic mass is 10.1. The molecule has 0 aliphatic rings. The molecule has 0 radical (unpaired) electrons. The van der Waals surface area contributed by atoms with Crippen molar-refractivity contribution in [1.29, 1.82) is 0 Å². The molecule has 0 fully saturated rings. The van der Waals surface area contributed by atoms with Gasteiger partial charge >= 0.3 is 5.97 Å². The lowest BCUT2D eigenvalue weighted by Crippen LogP contribution is -2.14. The number of esters is 1. The number of carbonyl (C=O) groups is 2. The van der Waals surface area contributed by atoms with E-state index in [-0.39, 0.29) is 12.5 Å². The van der Waals surface area contributed by atoms with Crippen molar-refractivity contribution >= 4 is 28.3 Å². The summed E-state index contributed by atoms with van der Waals surface area (Å²) >= 11 is 1.35. The number of nitrogens with one attached hydrogen (secondary N) is 2. The molecule has 2 aromatic heterocycles. The van der Waals surface area contributed by atoms with Crippen LogP contribution in [-0.2, 0) is 15.9 Å². The van der Waals surface area contributed by atoms with Crippen LogP contribution in [0.15, 0.2) is 29.6 Å². The van der Waals surface area contributed by atoms with E-state index in [2.05, 4.69) is 34.3 Å². The third-order valence-corrected chi connectivity index (χ3v) is 5.53. The summed E-state index contributed by atoms with van der Waals surface area (Å²) in [4.78, 5) is 32.6. The second kappa shape index (κ2) is 9.69. The van der Waals surface area contributed by atoms with E-state index in [1.165, 1.54) is 24.0 Å². The first-order valence-electron chi connectivity index (χ1n) is 9.66. The van der Waals surface area contributed by atoms with E-state index >= 15 is 0 Å². The fourth-order valence-electron chi connectivity index (χ4n) is 3.11. The van der Waals surface area contributed by atoms with Crippen molar-refractivity contribution in [2.75, 3.05) is 25.6 Å². The largest absolute Gasteiger partial charge is 0.460 e. The van der Waals surface area contributed by atoms with Gasteiger partial charge in [0, 0.05) is 23.7 Å². The van der Waals surface area contributed by atoms with Crippen molar-refractivity contribution in [3.8, 4) is 11.3 Å². The number of rotatable bonds is 8. The second-order valence-corrected chi connectivity index (χ2v) is 7.65. The van der Waals surface area contributed by atoms with Gasteiger partial charge in [0.1, 0.15) is 12.3 Å². The molecule has 3 aromatic rings. The Morgan fingerprint density at radius 2 is 1.90 bits per heavy atom. The maximum absolute atomic E-state index is 12.8. The van der Waals surface area contributed by atoms with Gasteiger partial charge in [-0.25, -0.2) is 9.78 Å². The minimum atomic E-state index is -0.482. The summed E-state index contributed by atoms with van der Waals surface area (Å²) in [5.41, 5.74) is 4.87. The quantitative estimate of drug-likeness (QED) is 0.411. The number of thiazole rings is 1. The van der Waals surface area contributed by atoms with Crippen LogP contribution >= 0.6 is 11.3 Å². The van der Waals surface area contributed by atoms with Crippen molar-refractivity contribution in [1.82, 2.24) is 9.97 Å². The number of amides is 1. The van der Waals surface area contributed by atoms with Gasteiger partial charge < -0.3 is 14.5 Å². The van der Waals surface area contributed by atoms with Gasteiger partial charge in [0.25, 0.3) is 5.91 Å². The maximum Gasteiger partial charge on any atom is 0.340 e. The van der Waals surface area contributed by atoms with Gasteiger partial charge in [0.05, 0.1) is 17.9 Å². The molecule has 0 spiro atoms. The molecule has 0 saturated heterocycles. The van der Waals surface area contributed by atoms with Crippen molar-refractivity contribution in [2.45, 2.75) is 27.2 Å². The van der Waals surface area contributed by atoms with Gasteiger partial charge in [-0.05, 0) is 31.4 Å². The van der Waals surface area contributed by atoms with Crippen LogP contribution in [0.25, 0.3) is 11.3 Å². The molecular weight excluding hydrogens is 402 g/mol. The highest BCUT2D eigenvalue weighted by atomic mass is 32.1. The smallest absolute Gasteiger partial charge is 0.340 e. The zero-order valence-corrected chi connectivity index (χ0v) is 18.3. The third-order valence-electron chi connectivity index (χ3n) is 4.77. The average Bonchev–Trinajstić information content (AvgIpc) is 3.32. The first kappa shape index (κ1) is 21.7. The van der Waals surface area contributed by atoms with Crippen molar-refractivity contribution in [3.05, 3.63) is 57.7 Å². The Bertz CT molecular complexity index is 1040. The molecule has 1 aromatic carbocycles.